The summed E-state index contributed by atoms with van der Waals surface area (Å²) in [5, 5.41) is 6.83. The van der Waals surface area contributed by atoms with E-state index < -0.39 is 6.04 Å². The second-order valence-corrected chi connectivity index (χ2v) is 7.93. The van der Waals surface area contributed by atoms with Gasteiger partial charge in [-0.15, -0.1) is 0 Å². The summed E-state index contributed by atoms with van der Waals surface area (Å²) in [6.07, 6.45) is 4.12. The van der Waals surface area contributed by atoms with Crippen molar-refractivity contribution in [3.05, 3.63) is 102 Å². The number of amides is 2. The summed E-state index contributed by atoms with van der Waals surface area (Å²) in [6, 6.07) is 26.4. The first-order valence-electron chi connectivity index (χ1n) is 11.1. The molecule has 0 aromatic heterocycles. The molecule has 2 N–H and O–H groups in total. The first kappa shape index (κ1) is 24.5. The molecule has 2 amide bonds. The minimum Gasteiger partial charge on any atom is -0.484 e. The Hall–Kier alpha value is -4.19. The van der Waals surface area contributed by atoms with Gasteiger partial charge in [0.1, 0.15) is 5.75 Å². The Morgan fingerprint density at radius 1 is 0.824 bits per heavy atom. The fourth-order valence-corrected chi connectivity index (χ4v) is 3.16. The molecule has 3 rings (SSSR count). The summed E-state index contributed by atoms with van der Waals surface area (Å²) in [4.78, 5) is 24.8. The minimum absolute atomic E-state index is 0.0645. The molecule has 0 saturated heterocycles. The SMILES string of the molecule is CC(C)=NNC(=O)CC(NC(=O)COc1ccc(/C=C/c2ccccc2)cc1)c1ccccc1. The molecule has 0 saturated carbocycles. The van der Waals surface area contributed by atoms with Crippen molar-refractivity contribution in [3.8, 4) is 5.75 Å². The normalized spacial score (nSPS) is 11.5. The molecule has 3 aromatic rings. The second-order valence-electron chi connectivity index (χ2n) is 7.93. The number of rotatable bonds is 10. The van der Waals surface area contributed by atoms with Crippen molar-refractivity contribution >= 4 is 29.7 Å². The molecular weight excluding hydrogens is 426 g/mol. The van der Waals surface area contributed by atoms with Crippen molar-refractivity contribution in [1.29, 1.82) is 0 Å². The zero-order valence-corrected chi connectivity index (χ0v) is 19.4. The topological polar surface area (TPSA) is 79.8 Å². The van der Waals surface area contributed by atoms with Crippen LogP contribution in [0.3, 0.4) is 0 Å². The van der Waals surface area contributed by atoms with Crippen molar-refractivity contribution in [2.45, 2.75) is 26.3 Å². The standard InChI is InChI=1S/C28H29N3O3/c1-21(2)30-31-27(32)19-26(24-11-7-4-8-12-24)29-28(33)20-34-25-17-15-23(16-18-25)14-13-22-9-5-3-6-10-22/h3-18,26H,19-20H2,1-2H3,(H,29,33)(H,31,32)/b14-13+. The molecule has 0 spiro atoms. The summed E-state index contributed by atoms with van der Waals surface area (Å²) in [5.41, 5.74) is 6.22. The van der Waals surface area contributed by atoms with E-state index in [-0.39, 0.29) is 24.8 Å². The number of nitrogens with zero attached hydrogens (tertiary/aromatic N) is 1. The molecule has 0 aliphatic heterocycles. The predicted octanol–water partition coefficient (Wildman–Crippen LogP) is 5.00. The van der Waals surface area contributed by atoms with Gasteiger partial charge in [0, 0.05) is 5.71 Å². The molecular formula is C28H29N3O3. The third kappa shape index (κ3) is 8.39. The highest BCUT2D eigenvalue weighted by Gasteiger charge is 2.18. The lowest BCUT2D eigenvalue weighted by molar-refractivity contribution is -0.125. The molecule has 6 heteroatoms. The lowest BCUT2D eigenvalue weighted by Crippen LogP contribution is -2.35. The average molecular weight is 456 g/mol. The van der Waals surface area contributed by atoms with Crippen LogP contribution in [0.5, 0.6) is 5.75 Å². The van der Waals surface area contributed by atoms with Crippen LogP contribution in [0.4, 0.5) is 0 Å². The molecule has 0 aliphatic rings. The van der Waals surface area contributed by atoms with Gasteiger partial charge in [0.15, 0.2) is 6.61 Å². The quantitative estimate of drug-likeness (QED) is 0.257. The first-order chi connectivity index (χ1) is 16.5. The van der Waals surface area contributed by atoms with Crippen molar-refractivity contribution in [2.24, 2.45) is 5.10 Å². The van der Waals surface area contributed by atoms with Crippen LogP contribution < -0.4 is 15.5 Å². The van der Waals surface area contributed by atoms with Gasteiger partial charge in [-0.2, -0.15) is 5.10 Å². The average Bonchev–Trinajstić information content (AvgIpc) is 2.86. The maximum atomic E-state index is 12.6. The Morgan fingerprint density at radius 3 is 2.03 bits per heavy atom. The number of carbonyl (C=O) groups is 2. The number of hydrogen-bond donors (Lipinski definition) is 2. The molecule has 1 atom stereocenters. The fourth-order valence-electron chi connectivity index (χ4n) is 3.16. The molecule has 0 radical (unpaired) electrons. The van der Waals surface area contributed by atoms with E-state index in [0.717, 1.165) is 22.4 Å². The number of ether oxygens (including phenoxy) is 1. The van der Waals surface area contributed by atoms with Crippen LogP contribution in [-0.4, -0.2) is 24.1 Å². The first-order valence-corrected chi connectivity index (χ1v) is 11.1. The smallest absolute Gasteiger partial charge is 0.258 e. The molecule has 174 valence electrons. The van der Waals surface area contributed by atoms with Crippen LogP contribution in [0.1, 0.15) is 43.0 Å². The van der Waals surface area contributed by atoms with Gasteiger partial charge in [-0.25, -0.2) is 5.43 Å². The van der Waals surface area contributed by atoms with E-state index in [4.69, 9.17) is 4.74 Å². The molecule has 0 fully saturated rings. The van der Waals surface area contributed by atoms with Crippen molar-refractivity contribution < 1.29 is 14.3 Å². The maximum absolute atomic E-state index is 12.6. The largest absolute Gasteiger partial charge is 0.484 e. The third-order valence-electron chi connectivity index (χ3n) is 4.85. The van der Waals surface area contributed by atoms with Crippen molar-refractivity contribution in [1.82, 2.24) is 10.7 Å². The van der Waals surface area contributed by atoms with Gasteiger partial charge in [-0.3, -0.25) is 9.59 Å². The van der Waals surface area contributed by atoms with Crippen molar-refractivity contribution in [3.63, 3.8) is 0 Å². The zero-order valence-electron chi connectivity index (χ0n) is 19.4. The van der Waals surface area contributed by atoms with Crippen molar-refractivity contribution in [2.75, 3.05) is 6.61 Å². The third-order valence-corrected chi connectivity index (χ3v) is 4.85. The van der Waals surface area contributed by atoms with Gasteiger partial charge < -0.3 is 10.1 Å². The predicted molar refractivity (Wildman–Crippen MR) is 136 cm³/mol. The number of nitrogens with one attached hydrogen (secondary N) is 2. The molecule has 0 aliphatic carbocycles. The Balaban J connectivity index is 1.55. The lowest BCUT2D eigenvalue weighted by Gasteiger charge is -2.18. The molecule has 34 heavy (non-hydrogen) atoms. The summed E-state index contributed by atoms with van der Waals surface area (Å²) in [7, 11) is 0. The van der Waals surface area contributed by atoms with Crippen LogP contribution in [-0.2, 0) is 9.59 Å². The van der Waals surface area contributed by atoms with E-state index in [9.17, 15) is 9.59 Å². The Labute approximate surface area is 200 Å². The van der Waals surface area contributed by atoms with Gasteiger partial charge in [0.2, 0.25) is 5.91 Å². The van der Waals surface area contributed by atoms with Gasteiger partial charge in [-0.1, -0.05) is 84.9 Å². The van der Waals surface area contributed by atoms with E-state index in [2.05, 4.69) is 15.8 Å². The highest BCUT2D eigenvalue weighted by atomic mass is 16.5. The lowest BCUT2D eigenvalue weighted by atomic mass is 10.0. The van der Waals surface area contributed by atoms with Crippen LogP contribution in [0.2, 0.25) is 0 Å². The molecule has 0 bridgehead atoms. The highest BCUT2D eigenvalue weighted by molar-refractivity contribution is 5.83. The second kappa shape index (κ2) is 12.7. The molecule has 3 aromatic carbocycles. The summed E-state index contributed by atoms with van der Waals surface area (Å²) < 4.78 is 5.65. The van der Waals surface area contributed by atoms with E-state index in [1.165, 1.54) is 0 Å². The van der Waals surface area contributed by atoms with Gasteiger partial charge in [0.05, 0.1) is 12.5 Å². The van der Waals surface area contributed by atoms with E-state index >= 15 is 0 Å². The maximum Gasteiger partial charge on any atom is 0.258 e. The minimum atomic E-state index is -0.491. The Kier molecular flexibility index (Phi) is 9.17. The number of hydrazone groups is 1. The van der Waals surface area contributed by atoms with E-state index in [1.807, 2.05) is 97.1 Å². The van der Waals surface area contributed by atoms with E-state index in [0.29, 0.717) is 5.75 Å². The number of carbonyl (C=O) groups excluding carboxylic acids is 2. The number of hydrogen-bond acceptors (Lipinski definition) is 4. The molecule has 6 nitrogen and oxygen atoms in total. The van der Waals surface area contributed by atoms with E-state index in [1.54, 1.807) is 13.8 Å². The monoisotopic (exact) mass is 455 g/mol. The summed E-state index contributed by atoms with van der Waals surface area (Å²) in [5.74, 6) is -0.00549. The van der Waals surface area contributed by atoms with Gasteiger partial charge >= 0.3 is 0 Å². The highest BCUT2D eigenvalue weighted by Crippen LogP contribution is 2.18. The molecule has 1 unspecified atom stereocenters. The van der Waals surface area contributed by atoms with Crippen LogP contribution in [0.25, 0.3) is 12.2 Å². The van der Waals surface area contributed by atoms with Crippen LogP contribution in [0.15, 0.2) is 90.0 Å². The van der Waals surface area contributed by atoms with Gasteiger partial charge in [-0.05, 0) is 42.7 Å². The zero-order chi connectivity index (χ0) is 24.2. The van der Waals surface area contributed by atoms with Gasteiger partial charge in [0.25, 0.3) is 5.91 Å². The number of benzene rings is 3. The Bertz CT molecular complexity index is 1120. The summed E-state index contributed by atoms with van der Waals surface area (Å²) >= 11 is 0. The fraction of sp³-hybridized carbons (Fsp3) is 0.179. The molecule has 0 heterocycles. The summed E-state index contributed by atoms with van der Waals surface area (Å²) in [6.45, 7) is 3.43. The van der Waals surface area contributed by atoms with Crippen LogP contribution >= 0.6 is 0 Å². The Morgan fingerprint density at radius 2 is 1.41 bits per heavy atom. The van der Waals surface area contributed by atoms with Crippen LogP contribution in [0, 0.1) is 0 Å².